The number of aromatic nitrogens is 2. The van der Waals surface area contributed by atoms with Crippen LogP contribution in [0.3, 0.4) is 0 Å². The molecule has 0 aliphatic carbocycles. The molecule has 1 aromatic carbocycles. The molecule has 5 heteroatoms. The highest BCUT2D eigenvalue weighted by Gasteiger charge is 2.23. The normalized spacial score (nSPS) is 20.2. The van der Waals surface area contributed by atoms with Gasteiger partial charge in [0, 0.05) is 25.0 Å². The van der Waals surface area contributed by atoms with E-state index in [2.05, 4.69) is 28.7 Å². The minimum absolute atomic E-state index is 0.0780. The maximum Gasteiger partial charge on any atom is 0.237 e. The van der Waals surface area contributed by atoms with Crippen LogP contribution in [0.15, 0.2) is 42.7 Å². The van der Waals surface area contributed by atoms with E-state index in [4.69, 9.17) is 0 Å². The van der Waals surface area contributed by atoms with Gasteiger partial charge in [-0.25, -0.2) is 4.68 Å². The van der Waals surface area contributed by atoms with Gasteiger partial charge in [0.05, 0.1) is 11.7 Å². The molecule has 3 rings (SSSR count). The summed E-state index contributed by atoms with van der Waals surface area (Å²) in [5.41, 5.74) is 2.18. The lowest BCUT2D eigenvalue weighted by Crippen LogP contribution is -2.43. The molecule has 116 valence electrons. The lowest BCUT2D eigenvalue weighted by atomic mass is 10.0. The molecule has 0 spiro atoms. The van der Waals surface area contributed by atoms with Crippen LogP contribution < -0.4 is 10.6 Å². The zero-order chi connectivity index (χ0) is 15.4. The predicted octanol–water partition coefficient (Wildman–Crippen LogP) is 2.19. The van der Waals surface area contributed by atoms with E-state index in [9.17, 15) is 4.79 Å². The first-order chi connectivity index (χ1) is 10.8. The molecule has 2 N–H and O–H groups in total. The molecular weight excluding hydrogens is 276 g/mol. The van der Waals surface area contributed by atoms with E-state index in [-0.39, 0.29) is 18.0 Å². The zero-order valence-corrected chi connectivity index (χ0v) is 12.8. The third-order valence-corrected chi connectivity index (χ3v) is 4.14. The predicted molar refractivity (Wildman–Crippen MR) is 85.8 cm³/mol. The molecular formula is C17H22N4O. The maximum atomic E-state index is 12.1. The minimum atomic E-state index is -0.122. The lowest BCUT2D eigenvalue weighted by Gasteiger charge is -2.23. The van der Waals surface area contributed by atoms with Crippen molar-refractivity contribution in [2.75, 3.05) is 6.54 Å². The van der Waals surface area contributed by atoms with Crippen molar-refractivity contribution in [3.05, 3.63) is 48.3 Å². The SMILES string of the molecule is C[C@@H](N[C@@H]1CCCCNC1=O)c1ccccc1-n1cccn1. The Morgan fingerprint density at radius 2 is 2.18 bits per heavy atom. The number of carbonyl (C=O) groups excluding carboxylic acids is 1. The molecule has 2 aromatic rings. The lowest BCUT2D eigenvalue weighted by molar-refractivity contribution is -0.123. The Labute approximate surface area is 130 Å². The summed E-state index contributed by atoms with van der Waals surface area (Å²) in [5.74, 6) is 0.112. The van der Waals surface area contributed by atoms with Gasteiger partial charge in [-0.05, 0) is 43.9 Å². The van der Waals surface area contributed by atoms with E-state index in [1.54, 1.807) is 6.20 Å². The highest BCUT2D eigenvalue weighted by molar-refractivity contribution is 5.82. The van der Waals surface area contributed by atoms with Crippen molar-refractivity contribution >= 4 is 5.91 Å². The number of para-hydroxylation sites is 1. The zero-order valence-electron chi connectivity index (χ0n) is 12.8. The summed E-state index contributed by atoms with van der Waals surface area (Å²) >= 11 is 0. The van der Waals surface area contributed by atoms with E-state index in [1.807, 2.05) is 35.1 Å². The maximum absolute atomic E-state index is 12.1. The van der Waals surface area contributed by atoms with Crippen LogP contribution in [0, 0.1) is 0 Å². The number of rotatable bonds is 4. The number of nitrogens with one attached hydrogen (secondary N) is 2. The summed E-state index contributed by atoms with van der Waals surface area (Å²) in [4.78, 5) is 12.1. The summed E-state index contributed by atoms with van der Waals surface area (Å²) in [6.45, 7) is 2.88. The Bertz CT molecular complexity index is 623. The standard InChI is InChI=1S/C17H22N4O/c1-13(20-15-8-4-5-10-18-17(15)22)14-7-2-3-9-16(14)21-12-6-11-19-21/h2-3,6-7,9,11-13,15,20H,4-5,8,10H2,1H3,(H,18,22)/t13-,15-/m1/s1. The van der Waals surface area contributed by atoms with Gasteiger partial charge in [0.25, 0.3) is 0 Å². The van der Waals surface area contributed by atoms with Crippen LogP contribution in [-0.4, -0.2) is 28.3 Å². The first-order valence-corrected chi connectivity index (χ1v) is 7.88. The van der Waals surface area contributed by atoms with Crippen LogP contribution in [0.2, 0.25) is 0 Å². The summed E-state index contributed by atoms with van der Waals surface area (Å²) in [7, 11) is 0. The molecule has 1 saturated heterocycles. The third-order valence-electron chi connectivity index (χ3n) is 4.14. The average Bonchev–Trinajstić information content (AvgIpc) is 3.00. The van der Waals surface area contributed by atoms with Gasteiger partial charge >= 0.3 is 0 Å². The molecule has 0 radical (unpaired) electrons. The molecule has 22 heavy (non-hydrogen) atoms. The van der Waals surface area contributed by atoms with Crippen molar-refractivity contribution in [2.24, 2.45) is 0 Å². The molecule has 2 atom stereocenters. The Balaban J connectivity index is 1.80. The molecule has 1 aliphatic heterocycles. The number of nitrogens with zero attached hydrogens (tertiary/aromatic N) is 2. The van der Waals surface area contributed by atoms with Gasteiger partial charge in [0.1, 0.15) is 0 Å². The molecule has 1 aliphatic rings. The molecule has 2 heterocycles. The van der Waals surface area contributed by atoms with Crippen molar-refractivity contribution in [1.82, 2.24) is 20.4 Å². The second kappa shape index (κ2) is 6.75. The van der Waals surface area contributed by atoms with Gasteiger partial charge in [0.2, 0.25) is 5.91 Å². The van der Waals surface area contributed by atoms with Gasteiger partial charge in [-0.1, -0.05) is 18.2 Å². The number of hydrogen-bond acceptors (Lipinski definition) is 3. The van der Waals surface area contributed by atoms with E-state index in [0.717, 1.165) is 37.1 Å². The summed E-state index contributed by atoms with van der Waals surface area (Å²) in [5, 5.41) is 10.8. The van der Waals surface area contributed by atoms with Crippen molar-refractivity contribution in [1.29, 1.82) is 0 Å². The molecule has 1 fully saturated rings. The largest absolute Gasteiger partial charge is 0.355 e. The number of benzene rings is 1. The Morgan fingerprint density at radius 1 is 1.32 bits per heavy atom. The van der Waals surface area contributed by atoms with Gasteiger partial charge in [-0.15, -0.1) is 0 Å². The Hall–Kier alpha value is -2.14. The Morgan fingerprint density at radius 3 is 3.00 bits per heavy atom. The second-order valence-corrected chi connectivity index (χ2v) is 5.74. The second-order valence-electron chi connectivity index (χ2n) is 5.74. The van der Waals surface area contributed by atoms with Crippen LogP contribution in [0.4, 0.5) is 0 Å². The van der Waals surface area contributed by atoms with Crippen LogP contribution in [0.1, 0.15) is 37.8 Å². The smallest absolute Gasteiger partial charge is 0.237 e. The van der Waals surface area contributed by atoms with Crippen molar-refractivity contribution < 1.29 is 4.79 Å². The fourth-order valence-electron chi connectivity index (χ4n) is 2.96. The molecule has 5 nitrogen and oxygen atoms in total. The Kier molecular flexibility index (Phi) is 4.53. The first kappa shape index (κ1) is 14.8. The quantitative estimate of drug-likeness (QED) is 0.909. The number of hydrogen-bond donors (Lipinski definition) is 2. The highest BCUT2D eigenvalue weighted by Crippen LogP contribution is 2.22. The van der Waals surface area contributed by atoms with E-state index < -0.39 is 0 Å². The molecule has 0 saturated carbocycles. The van der Waals surface area contributed by atoms with Crippen molar-refractivity contribution in [3.8, 4) is 5.69 Å². The highest BCUT2D eigenvalue weighted by atomic mass is 16.2. The van der Waals surface area contributed by atoms with Gasteiger partial charge in [-0.3, -0.25) is 10.1 Å². The van der Waals surface area contributed by atoms with Gasteiger partial charge < -0.3 is 5.32 Å². The van der Waals surface area contributed by atoms with Crippen molar-refractivity contribution in [3.63, 3.8) is 0 Å². The number of carbonyl (C=O) groups is 1. The molecule has 1 aromatic heterocycles. The topological polar surface area (TPSA) is 58.9 Å². The minimum Gasteiger partial charge on any atom is -0.355 e. The van der Waals surface area contributed by atoms with Gasteiger partial charge in [-0.2, -0.15) is 5.10 Å². The average molecular weight is 298 g/mol. The molecule has 1 amide bonds. The van der Waals surface area contributed by atoms with Crippen LogP contribution >= 0.6 is 0 Å². The fraction of sp³-hybridized carbons (Fsp3) is 0.412. The summed E-state index contributed by atoms with van der Waals surface area (Å²) in [6.07, 6.45) is 6.73. The van der Waals surface area contributed by atoms with Crippen LogP contribution in [0.25, 0.3) is 5.69 Å². The third kappa shape index (κ3) is 3.20. The van der Waals surface area contributed by atoms with Crippen LogP contribution in [0.5, 0.6) is 0 Å². The van der Waals surface area contributed by atoms with E-state index in [1.165, 1.54) is 0 Å². The van der Waals surface area contributed by atoms with Gasteiger partial charge in [0.15, 0.2) is 0 Å². The summed E-state index contributed by atoms with van der Waals surface area (Å²) in [6, 6.07) is 10.0. The number of amides is 1. The van der Waals surface area contributed by atoms with Crippen LogP contribution in [-0.2, 0) is 4.79 Å². The summed E-state index contributed by atoms with van der Waals surface area (Å²) < 4.78 is 1.86. The van der Waals surface area contributed by atoms with E-state index in [0.29, 0.717) is 0 Å². The fourth-order valence-corrected chi connectivity index (χ4v) is 2.96. The first-order valence-electron chi connectivity index (χ1n) is 7.88. The molecule has 0 bridgehead atoms. The molecule has 0 unspecified atom stereocenters. The van der Waals surface area contributed by atoms with E-state index >= 15 is 0 Å². The monoisotopic (exact) mass is 298 g/mol. The van der Waals surface area contributed by atoms with Crippen molar-refractivity contribution in [2.45, 2.75) is 38.3 Å².